The molecule has 0 spiro atoms. The minimum absolute atomic E-state index is 0.207. The Morgan fingerprint density at radius 2 is 1.75 bits per heavy atom. The number of benzene rings is 2. The third-order valence-electron chi connectivity index (χ3n) is 3.65. The topological polar surface area (TPSA) is 83.7 Å². The molecule has 2 aromatic carbocycles. The van der Waals surface area contributed by atoms with Crippen molar-refractivity contribution in [3.63, 3.8) is 0 Å². The molecule has 1 heterocycles. The van der Waals surface area contributed by atoms with Crippen molar-refractivity contribution >= 4 is 45.6 Å². The predicted octanol–water partition coefficient (Wildman–Crippen LogP) is 4.24. The van der Waals surface area contributed by atoms with Crippen LogP contribution in [-0.2, 0) is 4.79 Å². The Balaban J connectivity index is 1.48. The third kappa shape index (κ3) is 5.55. The summed E-state index contributed by atoms with van der Waals surface area (Å²) in [6.07, 6.45) is 1.39. The SMILES string of the molecule is O=C(CNC(=O)c1ccc(Cl)cc1)N/N=C/c1ccc(-c2ccc(Br)cc2)o1. The molecule has 2 N–H and O–H groups in total. The maximum atomic E-state index is 11.9. The second-order valence-corrected chi connectivity index (χ2v) is 7.04. The zero-order valence-electron chi connectivity index (χ0n) is 14.5. The van der Waals surface area contributed by atoms with Crippen molar-refractivity contribution in [1.82, 2.24) is 10.7 Å². The van der Waals surface area contributed by atoms with Crippen molar-refractivity contribution in [1.29, 1.82) is 0 Å². The Morgan fingerprint density at radius 1 is 1.04 bits per heavy atom. The first-order chi connectivity index (χ1) is 13.5. The minimum atomic E-state index is -0.460. The van der Waals surface area contributed by atoms with Crippen molar-refractivity contribution in [2.75, 3.05) is 6.54 Å². The summed E-state index contributed by atoms with van der Waals surface area (Å²) in [4.78, 5) is 23.7. The van der Waals surface area contributed by atoms with E-state index in [-0.39, 0.29) is 12.5 Å². The number of hydrazone groups is 1. The average molecular weight is 461 g/mol. The summed E-state index contributed by atoms with van der Waals surface area (Å²) in [7, 11) is 0. The van der Waals surface area contributed by atoms with Crippen LogP contribution in [0.3, 0.4) is 0 Å². The number of nitrogens with zero attached hydrogens (tertiary/aromatic N) is 1. The van der Waals surface area contributed by atoms with Crippen LogP contribution in [0.25, 0.3) is 11.3 Å². The highest BCUT2D eigenvalue weighted by atomic mass is 79.9. The second kappa shape index (κ2) is 9.34. The van der Waals surface area contributed by atoms with Gasteiger partial charge in [-0.05, 0) is 48.5 Å². The van der Waals surface area contributed by atoms with Gasteiger partial charge in [0.15, 0.2) is 0 Å². The molecule has 0 saturated heterocycles. The Morgan fingerprint density at radius 3 is 2.46 bits per heavy atom. The van der Waals surface area contributed by atoms with Gasteiger partial charge >= 0.3 is 0 Å². The fourth-order valence-corrected chi connectivity index (χ4v) is 2.65. The number of hydrogen-bond donors (Lipinski definition) is 2. The molecule has 0 radical (unpaired) electrons. The highest BCUT2D eigenvalue weighted by Crippen LogP contribution is 2.23. The van der Waals surface area contributed by atoms with Gasteiger partial charge in [-0.3, -0.25) is 9.59 Å². The molecular formula is C20H15BrClN3O3. The first-order valence-electron chi connectivity index (χ1n) is 8.23. The molecule has 0 saturated carbocycles. The number of carbonyl (C=O) groups is 2. The van der Waals surface area contributed by atoms with Crippen LogP contribution in [-0.4, -0.2) is 24.6 Å². The number of halogens is 2. The van der Waals surface area contributed by atoms with Crippen molar-refractivity contribution in [3.05, 3.63) is 81.5 Å². The Kier molecular flexibility index (Phi) is 6.62. The van der Waals surface area contributed by atoms with Gasteiger partial charge in [0.05, 0.1) is 12.8 Å². The standard InChI is InChI=1S/C20H15BrClN3O3/c21-15-5-1-13(2-6-15)18-10-9-17(28-18)11-24-25-19(26)12-23-20(27)14-3-7-16(22)8-4-14/h1-11H,12H2,(H,23,27)(H,25,26)/b24-11+. The third-order valence-corrected chi connectivity index (χ3v) is 4.43. The first-order valence-corrected chi connectivity index (χ1v) is 9.40. The van der Waals surface area contributed by atoms with Gasteiger partial charge in [-0.1, -0.05) is 39.7 Å². The minimum Gasteiger partial charge on any atom is -0.455 e. The highest BCUT2D eigenvalue weighted by molar-refractivity contribution is 9.10. The van der Waals surface area contributed by atoms with Crippen LogP contribution >= 0.6 is 27.5 Å². The monoisotopic (exact) mass is 459 g/mol. The van der Waals surface area contributed by atoms with Gasteiger partial charge in [0.25, 0.3) is 11.8 Å². The van der Waals surface area contributed by atoms with Crippen molar-refractivity contribution < 1.29 is 14.0 Å². The van der Waals surface area contributed by atoms with Gasteiger partial charge < -0.3 is 9.73 Å². The fourth-order valence-electron chi connectivity index (χ4n) is 2.26. The number of furan rings is 1. The molecular weight excluding hydrogens is 446 g/mol. The number of amides is 2. The summed E-state index contributed by atoms with van der Waals surface area (Å²) in [6.45, 7) is -0.207. The molecule has 3 aromatic rings. The van der Waals surface area contributed by atoms with Crippen LogP contribution < -0.4 is 10.7 Å². The predicted molar refractivity (Wildman–Crippen MR) is 111 cm³/mol. The molecule has 28 heavy (non-hydrogen) atoms. The first kappa shape index (κ1) is 19.9. The lowest BCUT2D eigenvalue weighted by Crippen LogP contribution is -2.34. The van der Waals surface area contributed by atoms with Gasteiger partial charge in [0, 0.05) is 20.6 Å². The number of nitrogens with one attached hydrogen (secondary N) is 2. The Labute approximate surface area is 174 Å². The Bertz CT molecular complexity index is 998. The van der Waals surface area contributed by atoms with Crippen molar-refractivity contribution in [2.45, 2.75) is 0 Å². The molecule has 3 rings (SSSR count). The maximum Gasteiger partial charge on any atom is 0.259 e. The normalized spacial score (nSPS) is 10.8. The lowest BCUT2D eigenvalue weighted by molar-refractivity contribution is -0.120. The summed E-state index contributed by atoms with van der Waals surface area (Å²) < 4.78 is 6.64. The van der Waals surface area contributed by atoms with E-state index < -0.39 is 5.91 Å². The fraction of sp³-hybridized carbons (Fsp3) is 0.0500. The van der Waals surface area contributed by atoms with Crippen LogP contribution in [0.2, 0.25) is 5.02 Å². The lowest BCUT2D eigenvalue weighted by Gasteiger charge is -2.04. The smallest absolute Gasteiger partial charge is 0.259 e. The van der Waals surface area contributed by atoms with E-state index in [9.17, 15) is 9.59 Å². The van der Waals surface area contributed by atoms with Gasteiger partial charge in [0.2, 0.25) is 0 Å². The average Bonchev–Trinajstić information content (AvgIpc) is 3.16. The van der Waals surface area contributed by atoms with Gasteiger partial charge in [-0.25, -0.2) is 5.43 Å². The van der Waals surface area contributed by atoms with E-state index in [0.717, 1.165) is 10.0 Å². The van der Waals surface area contributed by atoms with Gasteiger partial charge in [0.1, 0.15) is 11.5 Å². The van der Waals surface area contributed by atoms with E-state index >= 15 is 0 Å². The summed E-state index contributed by atoms with van der Waals surface area (Å²) in [5, 5.41) is 6.86. The zero-order valence-corrected chi connectivity index (χ0v) is 16.8. The van der Waals surface area contributed by atoms with E-state index in [0.29, 0.717) is 22.1 Å². The summed E-state index contributed by atoms with van der Waals surface area (Å²) in [5.41, 5.74) is 3.67. The van der Waals surface area contributed by atoms with Crippen LogP contribution in [0.5, 0.6) is 0 Å². The van der Waals surface area contributed by atoms with Gasteiger partial charge in [-0.15, -0.1) is 0 Å². The van der Waals surface area contributed by atoms with Gasteiger partial charge in [-0.2, -0.15) is 5.10 Å². The molecule has 0 aliphatic rings. The van der Waals surface area contributed by atoms with Crippen molar-refractivity contribution in [2.24, 2.45) is 5.10 Å². The molecule has 0 aliphatic carbocycles. The summed E-state index contributed by atoms with van der Waals surface area (Å²) in [5.74, 6) is 0.346. The van der Waals surface area contributed by atoms with Crippen LogP contribution in [0, 0.1) is 0 Å². The molecule has 0 atom stereocenters. The lowest BCUT2D eigenvalue weighted by atomic mass is 10.2. The quantitative estimate of drug-likeness (QED) is 0.426. The molecule has 142 valence electrons. The largest absolute Gasteiger partial charge is 0.455 e. The molecule has 0 fully saturated rings. The van der Waals surface area contributed by atoms with Crippen LogP contribution in [0.1, 0.15) is 16.1 Å². The van der Waals surface area contributed by atoms with Crippen LogP contribution in [0.15, 0.2) is 74.7 Å². The molecule has 8 heteroatoms. The number of carbonyl (C=O) groups excluding carboxylic acids is 2. The molecule has 0 unspecified atom stereocenters. The molecule has 6 nitrogen and oxygen atoms in total. The van der Waals surface area contributed by atoms with E-state index in [1.165, 1.54) is 6.21 Å². The van der Waals surface area contributed by atoms with E-state index in [1.807, 2.05) is 30.3 Å². The Hall–Kier alpha value is -2.90. The molecule has 0 bridgehead atoms. The number of rotatable bonds is 6. The van der Waals surface area contributed by atoms with E-state index in [2.05, 4.69) is 31.8 Å². The maximum absolute atomic E-state index is 11.9. The van der Waals surface area contributed by atoms with Crippen LogP contribution in [0.4, 0.5) is 0 Å². The highest BCUT2D eigenvalue weighted by Gasteiger charge is 2.07. The number of hydrogen-bond acceptors (Lipinski definition) is 4. The summed E-state index contributed by atoms with van der Waals surface area (Å²) in [6, 6.07) is 17.6. The zero-order chi connectivity index (χ0) is 19.9. The van der Waals surface area contributed by atoms with E-state index in [4.69, 9.17) is 16.0 Å². The van der Waals surface area contributed by atoms with Crippen molar-refractivity contribution in [3.8, 4) is 11.3 Å². The molecule has 0 aliphatic heterocycles. The second-order valence-electron chi connectivity index (χ2n) is 5.69. The van der Waals surface area contributed by atoms with E-state index in [1.54, 1.807) is 30.3 Å². The molecule has 1 aromatic heterocycles. The summed E-state index contributed by atoms with van der Waals surface area (Å²) >= 11 is 9.16. The molecule has 2 amide bonds.